The minimum absolute atomic E-state index is 0.140. The third-order valence-electron chi connectivity index (χ3n) is 3.60. The highest BCUT2D eigenvalue weighted by atomic mass is 19.1. The molecule has 2 heterocycles. The average molecular weight is 355 g/mol. The van der Waals surface area contributed by atoms with Crippen LogP contribution in [0.15, 0.2) is 18.5 Å². The summed E-state index contributed by atoms with van der Waals surface area (Å²) >= 11 is 0. The normalized spacial score (nSPS) is 20.9. The molecule has 2 N–H and O–H groups in total. The standard InChI is InChI=1S/C15H22FN5O4/c1-15(2,3)25-14(22)19-18-11-9-20(7-5-10(11)16)12-4-6-17-8-13(12)21(23)24/h4,6,8,10-11,18H,5,7,9H2,1-3H3,(H,19,22). The van der Waals surface area contributed by atoms with E-state index in [0.717, 1.165) is 6.20 Å². The summed E-state index contributed by atoms with van der Waals surface area (Å²) < 4.78 is 19.2. The maximum Gasteiger partial charge on any atom is 0.422 e. The van der Waals surface area contributed by atoms with E-state index in [1.165, 1.54) is 12.3 Å². The van der Waals surface area contributed by atoms with E-state index in [4.69, 9.17) is 4.74 Å². The lowest BCUT2D eigenvalue weighted by atomic mass is 10.0. The van der Waals surface area contributed by atoms with Gasteiger partial charge in [-0.05, 0) is 33.3 Å². The number of alkyl halides is 1. The predicted molar refractivity (Wildman–Crippen MR) is 88.9 cm³/mol. The molecule has 2 atom stereocenters. The molecule has 1 saturated heterocycles. The Kier molecular flexibility index (Phi) is 5.73. The van der Waals surface area contributed by atoms with Gasteiger partial charge in [0, 0.05) is 19.3 Å². The molecule has 0 saturated carbocycles. The van der Waals surface area contributed by atoms with Crippen LogP contribution in [0, 0.1) is 10.1 Å². The molecule has 1 aliphatic rings. The Morgan fingerprint density at radius 2 is 2.24 bits per heavy atom. The number of rotatable bonds is 4. The third kappa shape index (κ3) is 5.24. The smallest absolute Gasteiger partial charge is 0.422 e. The van der Waals surface area contributed by atoms with Crippen molar-refractivity contribution in [3.05, 3.63) is 28.6 Å². The number of carbonyl (C=O) groups is 1. The second-order valence-electron chi connectivity index (χ2n) is 6.75. The molecule has 9 nitrogen and oxygen atoms in total. The number of piperidine rings is 1. The van der Waals surface area contributed by atoms with Gasteiger partial charge in [0.2, 0.25) is 0 Å². The zero-order chi connectivity index (χ0) is 18.6. The van der Waals surface area contributed by atoms with Gasteiger partial charge in [-0.3, -0.25) is 20.5 Å². The molecular weight excluding hydrogens is 333 g/mol. The Bertz CT molecular complexity index is 637. The van der Waals surface area contributed by atoms with E-state index < -0.39 is 28.8 Å². The van der Waals surface area contributed by atoms with Crippen LogP contribution in [-0.2, 0) is 4.74 Å². The first-order valence-electron chi connectivity index (χ1n) is 7.89. The summed E-state index contributed by atoms with van der Waals surface area (Å²) in [6, 6.07) is 0.795. The van der Waals surface area contributed by atoms with Crippen LogP contribution in [-0.4, -0.2) is 46.9 Å². The van der Waals surface area contributed by atoms with Crippen LogP contribution in [0.2, 0.25) is 0 Å². The number of nitrogens with one attached hydrogen (secondary N) is 2. The van der Waals surface area contributed by atoms with Gasteiger partial charge in [-0.2, -0.15) is 0 Å². The Morgan fingerprint density at radius 1 is 1.52 bits per heavy atom. The lowest BCUT2D eigenvalue weighted by molar-refractivity contribution is -0.384. The van der Waals surface area contributed by atoms with Gasteiger partial charge >= 0.3 is 11.8 Å². The maximum absolute atomic E-state index is 14.2. The fourth-order valence-corrected chi connectivity index (χ4v) is 2.52. The molecule has 25 heavy (non-hydrogen) atoms. The number of amides is 1. The highest BCUT2D eigenvalue weighted by molar-refractivity contribution is 5.67. The van der Waals surface area contributed by atoms with E-state index in [1.54, 1.807) is 25.7 Å². The molecule has 0 spiro atoms. The lowest BCUT2D eigenvalue weighted by Gasteiger charge is -2.36. The largest absolute Gasteiger partial charge is 0.443 e. The molecule has 0 radical (unpaired) electrons. The quantitative estimate of drug-likeness (QED) is 0.627. The van der Waals surface area contributed by atoms with Crippen molar-refractivity contribution >= 4 is 17.5 Å². The second kappa shape index (κ2) is 7.60. The minimum atomic E-state index is -1.20. The first kappa shape index (κ1) is 18.8. The number of halogens is 1. The molecule has 1 aromatic heterocycles. The Labute approximate surface area is 144 Å². The summed E-state index contributed by atoms with van der Waals surface area (Å²) in [5, 5.41) is 11.1. The second-order valence-corrected chi connectivity index (χ2v) is 6.75. The van der Waals surface area contributed by atoms with Gasteiger partial charge in [0.25, 0.3) is 0 Å². The highest BCUT2D eigenvalue weighted by Gasteiger charge is 2.32. The molecule has 138 valence electrons. The summed E-state index contributed by atoms with van der Waals surface area (Å²) in [6.45, 7) is 5.64. The molecule has 1 amide bonds. The van der Waals surface area contributed by atoms with Crippen LogP contribution < -0.4 is 15.8 Å². The number of aromatic nitrogens is 1. The van der Waals surface area contributed by atoms with Crippen molar-refractivity contribution < 1.29 is 18.8 Å². The average Bonchev–Trinajstić information content (AvgIpc) is 2.52. The van der Waals surface area contributed by atoms with Crippen LogP contribution in [0.5, 0.6) is 0 Å². The van der Waals surface area contributed by atoms with E-state index in [1.807, 2.05) is 0 Å². The van der Waals surface area contributed by atoms with Crippen LogP contribution in [0.25, 0.3) is 0 Å². The van der Waals surface area contributed by atoms with E-state index in [-0.39, 0.29) is 18.7 Å². The van der Waals surface area contributed by atoms with Crippen molar-refractivity contribution in [3.63, 3.8) is 0 Å². The fraction of sp³-hybridized carbons (Fsp3) is 0.600. The first-order valence-corrected chi connectivity index (χ1v) is 7.89. The summed E-state index contributed by atoms with van der Waals surface area (Å²) in [5.41, 5.74) is 4.50. The number of ether oxygens (including phenoxy) is 1. The molecule has 2 rings (SSSR count). The first-order chi connectivity index (χ1) is 11.7. The van der Waals surface area contributed by atoms with Gasteiger partial charge in [-0.25, -0.2) is 14.6 Å². The number of hydrazine groups is 1. The number of carbonyl (C=O) groups excluding carboxylic acids is 1. The SMILES string of the molecule is CC(C)(C)OC(=O)NNC1CN(c2ccncc2[N+](=O)[O-])CCC1F. The number of nitro groups is 1. The van der Waals surface area contributed by atoms with Gasteiger partial charge in [-0.15, -0.1) is 0 Å². The molecule has 0 aromatic carbocycles. The molecule has 1 aliphatic heterocycles. The van der Waals surface area contributed by atoms with Crippen LogP contribution in [0.1, 0.15) is 27.2 Å². The van der Waals surface area contributed by atoms with Crippen molar-refractivity contribution in [2.45, 2.75) is 45.0 Å². The van der Waals surface area contributed by atoms with Crippen molar-refractivity contribution in [1.82, 2.24) is 15.8 Å². The van der Waals surface area contributed by atoms with Crippen LogP contribution in [0.4, 0.5) is 20.6 Å². The Morgan fingerprint density at radius 3 is 2.88 bits per heavy atom. The summed E-state index contributed by atoms with van der Waals surface area (Å²) in [6.07, 6.45) is 0.871. The molecule has 0 aliphatic carbocycles. The van der Waals surface area contributed by atoms with E-state index in [2.05, 4.69) is 15.8 Å². The van der Waals surface area contributed by atoms with Gasteiger partial charge in [0.1, 0.15) is 23.7 Å². The number of anilines is 1. The zero-order valence-corrected chi connectivity index (χ0v) is 14.4. The minimum Gasteiger partial charge on any atom is -0.443 e. The highest BCUT2D eigenvalue weighted by Crippen LogP contribution is 2.29. The van der Waals surface area contributed by atoms with Gasteiger partial charge in [0.15, 0.2) is 0 Å². The number of nitrogens with zero attached hydrogens (tertiary/aromatic N) is 3. The molecule has 1 aromatic rings. The van der Waals surface area contributed by atoms with E-state index in [9.17, 15) is 19.3 Å². The van der Waals surface area contributed by atoms with Gasteiger partial charge in [-0.1, -0.05) is 0 Å². The monoisotopic (exact) mass is 355 g/mol. The molecule has 0 bridgehead atoms. The number of pyridine rings is 1. The maximum atomic E-state index is 14.2. The summed E-state index contributed by atoms with van der Waals surface area (Å²) in [7, 11) is 0. The lowest BCUT2D eigenvalue weighted by Crippen LogP contribution is -2.57. The van der Waals surface area contributed by atoms with Crippen molar-refractivity contribution in [3.8, 4) is 0 Å². The number of hydrogen-bond acceptors (Lipinski definition) is 7. The van der Waals surface area contributed by atoms with Crippen molar-refractivity contribution in [1.29, 1.82) is 0 Å². The van der Waals surface area contributed by atoms with Crippen LogP contribution in [0.3, 0.4) is 0 Å². The molecular formula is C15H22FN5O4. The Balaban J connectivity index is 2.02. The summed E-state index contributed by atoms with van der Waals surface area (Å²) in [4.78, 5) is 27.7. The van der Waals surface area contributed by atoms with Crippen molar-refractivity contribution in [2.24, 2.45) is 0 Å². The van der Waals surface area contributed by atoms with Crippen LogP contribution >= 0.6 is 0 Å². The van der Waals surface area contributed by atoms with E-state index >= 15 is 0 Å². The molecule has 1 fully saturated rings. The number of hydrogen-bond donors (Lipinski definition) is 2. The third-order valence-corrected chi connectivity index (χ3v) is 3.60. The molecule has 10 heteroatoms. The summed E-state index contributed by atoms with van der Waals surface area (Å²) in [5.74, 6) is 0. The van der Waals surface area contributed by atoms with E-state index in [0.29, 0.717) is 12.2 Å². The van der Waals surface area contributed by atoms with Gasteiger partial charge < -0.3 is 9.64 Å². The fourth-order valence-electron chi connectivity index (χ4n) is 2.52. The zero-order valence-electron chi connectivity index (χ0n) is 14.4. The predicted octanol–water partition coefficient (Wildman–Crippen LogP) is 1.94. The van der Waals surface area contributed by atoms with Gasteiger partial charge in [0.05, 0.1) is 11.0 Å². The topological polar surface area (TPSA) is 110 Å². The Hall–Kier alpha value is -2.49. The van der Waals surface area contributed by atoms with Crippen molar-refractivity contribution in [2.75, 3.05) is 18.0 Å². The molecule has 2 unspecified atom stereocenters.